The highest BCUT2D eigenvalue weighted by Crippen LogP contribution is 2.24. The largest absolute Gasteiger partial charge is 0.383 e. The standard InChI is InChI=1S/C23H19Cl2N7/c24-15-1-3-18-20(5-7-27-21(18)11-15)29-10-9-26-13-17-14-32(31-30-17)23-6-8-28-22-12-16(25)2-4-19(22)23/h1-8,11-12,14,26H,9-10,13H2,(H,27,29). The van der Waals surface area contributed by atoms with E-state index in [9.17, 15) is 0 Å². The Kier molecular flexibility index (Phi) is 5.85. The minimum Gasteiger partial charge on any atom is -0.383 e. The van der Waals surface area contributed by atoms with E-state index in [1.54, 1.807) is 17.1 Å². The number of hydrogen-bond acceptors (Lipinski definition) is 6. The maximum Gasteiger partial charge on any atom is 0.0969 e. The molecule has 9 heteroatoms. The zero-order valence-corrected chi connectivity index (χ0v) is 18.5. The fraction of sp³-hybridized carbons (Fsp3) is 0.130. The molecule has 5 rings (SSSR count). The number of halogens is 2. The molecule has 5 aromatic rings. The Morgan fingerprint density at radius 2 is 1.53 bits per heavy atom. The van der Waals surface area contributed by atoms with E-state index in [-0.39, 0.29) is 0 Å². The summed E-state index contributed by atoms with van der Waals surface area (Å²) in [7, 11) is 0. The van der Waals surface area contributed by atoms with Crippen molar-refractivity contribution in [3.63, 3.8) is 0 Å². The van der Waals surface area contributed by atoms with E-state index >= 15 is 0 Å². The summed E-state index contributed by atoms with van der Waals surface area (Å²) in [5.41, 5.74) is 4.49. The molecule has 0 spiro atoms. The molecule has 0 atom stereocenters. The van der Waals surface area contributed by atoms with E-state index in [0.717, 1.165) is 52.0 Å². The number of nitrogens with one attached hydrogen (secondary N) is 2. The Labute approximate surface area is 194 Å². The van der Waals surface area contributed by atoms with Crippen molar-refractivity contribution in [3.8, 4) is 5.69 Å². The molecule has 32 heavy (non-hydrogen) atoms. The molecule has 2 aromatic carbocycles. The van der Waals surface area contributed by atoms with Crippen LogP contribution in [-0.4, -0.2) is 38.1 Å². The number of aromatic nitrogens is 5. The molecular formula is C23H19Cl2N7. The molecule has 0 saturated carbocycles. The molecule has 0 aliphatic rings. The van der Waals surface area contributed by atoms with Crippen molar-refractivity contribution < 1.29 is 0 Å². The fourth-order valence-electron chi connectivity index (χ4n) is 3.58. The molecule has 0 radical (unpaired) electrons. The number of fused-ring (bicyclic) bond motifs is 2. The normalized spacial score (nSPS) is 11.3. The minimum absolute atomic E-state index is 0.614. The summed E-state index contributed by atoms with van der Waals surface area (Å²) in [5, 5.41) is 18.8. The first-order valence-electron chi connectivity index (χ1n) is 10.1. The fourth-order valence-corrected chi connectivity index (χ4v) is 3.91. The highest BCUT2D eigenvalue weighted by Gasteiger charge is 2.08. The van der Waals surface area contributed by atoms with Crippen molar-refractivity contribution in [2.75, 3.05) is 18.4 Å². The average molecular weight is 464 g/mol. The Balaban J connectivity index is 1.19. The first-order chi connectivity index (χ1) is 15.7. The van der Waals surface area contributed by atoms with Crippen LogP contribution in [0.2, 0.25) is 10.0 Å². The van der Waals surface area contributed by atoms with Gasteiger partial charge in [0.15, 0.2) is 0 Å². The quantitative estimate of drug-likeness (QED) is 0.335. The van der Waals surface area contributed by atoms with Gasteiger partial charge in [-0.15, -0.1) is 5.10 Å². The van der Waals surface area contributed by atoms with Gasteiger partial charge in [-0.3, -0.25) is 9.97 Å². The molecule has 7 nitrogen and oxygen atoms in total. The highest BCUT2D eigenvalue weighted by molar-refractivity contribution is 6.31. The summed E-state index contributed by atoms with van der Waals surface area (Å²) >= 11 is 12.1. The van der Waals surface area contributed by atoms with Gasteiger partial charge in [-0.25, -0.2) is 4.68 Å². The molecule has 0 amide bonds. The Bertz CT molecular complexity index is 1400. The zero-order valence-electron chi connectivity index (χ0n) is 17.0. The van der Waals surface area contributed by atoms with Crippen molar-refractivity contribution in [2.24, 2.45) is 0 Å². The summed E-state index contributed by atoms with van der Waals surface area (Å²) in [6.07, 6.45) is 5.45. The van der Waals surface area contributed by atoms with Crippen molar-refractivity contribution in [1.82, 2.24) is 30.3 Å². The predicted octanol–water partition coefficient (Wildman–Crippen LogP) is 4.87. The molecule has 0 saturated heterocycles. The lowest BCUT2D eigenvalue weighted by Gasteiger charge is -2.10. The van der Waals surface area contributed by atoms with E-state index < -0.39 is 0 Å². The number of rotatable bonds is 7. The van der Waals surface area contributed by atoms with Crippen LogP contribution in [0.15, 0.2) is 67.1 Å². The van der Waals surface area contributed by atoms with Crippen LogP contribution in [0.5, 0.6) is 0 Å². The zero-order chi connectivity index (χ0) is 21.9. The van der Waals surface area contributed by atoms with E-state index in [4.69, 9.17) is 23.2 Å². The van der Waals surface area contributed by atoms with Gasteiger partial charge in [0.25, 0.3) is 0 Å². The van der Waals surface area contributed by atoms with E-state index in [2.05, 4.69) is 30.9 Å². The van der Waals surface area contributed by atoms with Crippen LogP contribution in [-0.2, 0) is 6.54 Å². The predicted molar refractivity (Wildman–Crippen MR) is 129 cm³/mol. The molecule has 0 fully saturated rings. The molecule has 3 aromatic heterocycles. The molecule has 0 bridgehead atoms. The lowest BCUT2D eigenvalue weighted by molar-refractivity contribution is 0.689. The van der Waals surface area contributed by atoms with Gasteiger partial charge in [0.2, 0.25) is 0 Å². The highest BCUT2D eigenvalue weighted by atomic mass is 35.5. The lowest BCUT2D eigenvalue weighted by atomic mass is 10.2. The summed E-state index contributed by atoms with van der Waals surface area (Å²) in [6, 6.07) is 15.2. The molecular weight excluding hydrogens is 445 g/mol. The molecule has 0 unspecified atom stereocenters. The number of hydrogen-bond donors (Lipinski definition) is 2. The maximum absolute atomic E-state index is 6.08. The van der Waals surface area contributed by atoms with E-state index in [1.165, 1.54) is 0 Å². The third kappa shape index (κ3) is 4.36. The molecule has 160 valence electrons. The summed E-state index contributed by atoms with van der Waals surface area (Å²) in [4.78, 5) is 8.75. The van der Waals surface area contributed by atoms with Gasteiger partial charge < -0.3 is 10.6 Å². The Morgan fingerprint density at radius 1 is 0.812 bits per heavy atom. The van der Waals surface area contributed by atoms with Gasteiger partial charge in [-0.05, 0) is 48.5 Å². The van der Waals surface area contributed by atoms with Crippen molar-refractivity contribution in [2.45, 2.75) is 6.54 Å². The SMILES string of the molecule is Clc1ccc2c(NCCNCc3cn(-c4ccnc5cc(Cl)ccc45)nn3)ccnc2c1. The summed E-state index contributed by atoms with van der Waals surface area (Å²) < 4.78 is 1.77. The topological polar surface area (TPSA) is 80.5 Å². The number of anilines is 1. The van der Waals surface area contributed by atoms with Crippen LogP contribution in [0.25, 0.3) is 27.5 Å². The van der Waals surface area contributed by atoms with Crippen LogP contribution in [0, 0.1) is 0 Å². The third-order valence-corrected chi connectivity index (χ3v) is 5.57. The van der Waals surface area contributed by atoms with Crippen molar-refractivity contribution >= 4 is 50.7 Å². The monoisotopic (exact) mass is 463 g/mol. The van der Waals surface area contributed by atoms with Gasteiger partial charge >= 0.3 is 0 Å². The van der Waals surface area contributed by atoms with Crippen molar-refractivity contribution in [1.29, 1.82) is 0 Å². The first kappa shape index (κ1) is 20.6. The molecule has 0 aliphatic heterocycles. The van der Waals surface area contributed by atoms with Crippen LogP contribution in [0.4, 0.5) is 5.69 Å². The van der Waals surface area contributed by atoms with Gasteiger partial charge in [-0.1, -0.05) is 28.4 Å². The van der Waals surface area contributed by atoms with Crippen molar-refractivity contribution in [3.05, 3.63) is 82.9 Å². The van der Waals surface area contributed by atoms with Crippen LogP contribution in [0.3, 0.4) is 0 Å². The lowest BCUT2D eigenvalue weighted by Crippen LogP contribution is -2.22. The van der Waals surface area contributed by atoms with Gasteiger partial charge in [0, 0.05) is 58.5 Å². The minimum atomic E-state index is 0.614. The van der Waals surface area contributed by atoms with Crippen LogP contribution < -0.4 is 10.6 Å². The third-order valence-electron chi connectivity index (χ3n) is 5.10. The molecule has 2 N–H and O–H groups in total. The Morgan fingerprint density at radius 3 is 2.34 bits per heavy atom. The van der Waals surface area contributed by atoms with Crippen LogP contribution >= 0.6 is 23.2 Å². The molecule has 3 heterocycles. The van der Waals surface area contributed by atoms with Crippen LogP contribution in [0.1, 0.15) is 5.69 Å². The first-order valence-corrected chi connectivity index (χ1v) is 10.9. The smallest absolute Gasteiger partial charge is 0.0969 e. The second-order valence-corrected chi connectivity index (χ2v) is 8.14. The molecule has 0 aliphatic carbocycles. The van der Waals surface area contributed by atoms with Gasteiger partial charge in [0.1, 0.15) is 0 Å². The second kappa shape index (κ2) is 9.08. The number of benzene rings is 2. The maximum atomic E-state index is 6.08. The summed E-state index contributed by atoms with van der Waals surface area (Å²) in [6.45, 7) is 2.13. The summed E-state index contributed by atoms with van der Waals surface area (Å²) in [5.74, 6) is 0. The van der Waals surface area contributed by atoms with E-state index in [1.807, 2.05) is 54.7 Å². The Hall–Kier alpha value is -3.26. The van der Waals surface area contributed by atoms with Gasteiger partial charge in [-0.2, -0.15) is 0 Å². The second-order valence-electron chi connectivity index (χ2n) is 7.27. The van der Waals surface area contributed by atoms with Gasteiger partial charge in [0.05, 0.1) is 28.6 Å². The van der Waals surface area contributed by atoms with E-state index in [0.29, 0.717) is 16.6 Å². The number of nitrogens with zero attached hydrogens (tertiary/aromatic N) is 5. The number of pyridine rings is 2. The average Bonchev–Trinajstić information content (AvgIpc) is 3.27.